The van der Waals surface area contributed by atoms with Crippen LogP contribution in [0.4, 0.5) is 5.69 Å². The van der Waals surface area contributed by atoms with Crippen molar-refractivity contribution < 1.29 is 22.7 Å². The number of benzene rings is 3. The minimum absolute atomic E-state index is 0.0871. The number of hydrogen-bond acceptors (Lipinski definition) is 5. The molecular weight excluding hydrogens is 526 g/mol. The van der Waals surface area contributed by atoms with Gasteiger partial charge in [-0.15, -0.1) is 0 Å². The van der Waals surface area contributed by atoms with Crippen LogP contribution in [0, 0.1) is 6.92 Å². The zero-order valence-corrected chi connectivity index (χ0v) is 24.9. The maximum atomic E-state index is 14.0. The Balaban J connectivity index is 2.06. The van der Waals surface area contributed by atoms with Gasteiger partial charge in [-0.25, -0.2) is 8.42 Å². The summed E-state index contributed by atoms with van der Waals surface area (Å²) in [6, 6.07) is 19.9. The van der Waals surface area contributed by atoms with E-state index in [9.17, 15) is 18.0 Å². The van der Waals surface area contributed by atoms with Gasteiger partial charge in [-0.3, -0.25) is 13.9 Å². The Hall–Kier alpha value is -3.85. The largest absolute Gasteiger partial charge is 0.497 e. The van der Waals surface area contributed by atoms with Gasteiger partial charge in [0, 0.05) is 12.6 Å². The fourth-order valence-corrected chi connectivity index (χ4v) is 5.77. The Morgan fingerprint density at radius 3 is 2.12 bits per heavy atom. The molecule has 0 aliphatic carbocycles. The number of ether oxygens (including phenoxy) is 1. The Kier molecular flexibility index (Phi) is 10.3. The van der Waals surface area contributed by atoms with Crippen molar-refractivity contribution in [1.29, 1.82) is 0 Å². The molecule has 0 bridgehead atoms. The van der Waals surface area contributed by atoms with Crippen LogP contribution in [-0.2, 0) is 32.6 Å². The van der Waals surface area contributed by atoms with Crippen LogP contribution < -0.4 is 14.4 Å². The van der Waals surface area contributed by atoms with Crippen LogP contribution in [0.5, 0.6) is 5.75 Å². The molecule has 0 aliphatic heterocycles. The van der Waals surface area contributed by atoms with Crippen molar-refractivity contribution in [2.24, 2.45) is 0 Å². The number of amides is 2. The second-order valence-corrected chi connectivity index (χ2v) is 11.9. The van der Waals surface area contributed by atoms with E-state index in [1.807, 2.05) is 52.0 Å². The smallest absolute Gasteiger partial charge is 0.264 e. The second kappa shape index (κ2) is 13.5. The van der Waals surface area contributed by atoms with Gasteiger partial charge in [0.25, 0.3) is 10.0 Å². The quantitative estimate of drug-likeness (QED) is 0.343. The average molecular weight is 566 g/mol. The number of anilines is 1. The molecule has 0 unspecified atom stereocenters. The lowest BCUT2D eigenvalue weighted by atomic mass is 10.1. The lowest BCUT2D eigenvalue weighted by Crippen LogP contribution is -2.52. The molecule has 0 fully saturated rings. The molecular formula is C31H39N3O5S. The van der Waals surface area contributed by atoms with E-state index in [1.165, 1.54) is 4.90 Å². The molecule has 214 valence electrons. The Labute approximate surface area is 238 Å². The molecule has 1 N–H and O–H groups in total. The van der Waals surface area contributed by atoms with E-state index in [2.05, 4.69) is 5.32 Å². The molecule has 0 aliphatic rings. The van der Waals surface area contributed by atoms with Crippen molar-refractivity contribution in [2.45, 2.75) is 64.6 Å². The Morgan fingerprint density at radius 2 is 1.55 bits per heavy atom. The fraction of sp³-hybridized carbons (Fsp3) is 0.355. The molecule has 0 aromatic heterocycles. The van der Waals surface area contributed by atoms with Crippen LogP contribution in [-0.4, -0.2) is 50.9 Å². The molecule has 3 aromatic carbocycles. The highest BCUT2D eigenvalue weighted by atomic mass is 32.2. The first-order valence-corrected chi connectivity index (χ1v) is 14.8. The van der Waals surface area contributed by atoms with Gasteiger partial charge < -0.3 is 15.0 Å². The SMILES string of the molecule is CCc1ccccc1N(CC(=O)N(Cc1ccc(OC)cc1)[C@H](C)C(=O)NC(C)C)S(=O)(=O)c1ccc(C)cc1. The molecule has 3 rings (SSSR count). The van der Waals surface area contributed by atoms with E-state index < -0.39 is 28.5 Å². The predicted molar refractivity (Wildman–Crippen MR) is 158 cm³/mol. The van der Waals surface area contributed by atoms with Crippen molar-refractivity contribution in [3.63, 3.8) is 0 Å². The van der Waals surface area contributed by atoms with Crippen LogP contribution in [0.2, 0.25) is 0 Å². The molecule has 40 heavy (non-hydrogen) atoms. The minimum atomic E-state index is -4.11. The number of carbonyl (C=O) groups is 2. The molecule has 8 nitrogen and oxygen atoms in total. The van der Waals surface area contributed by atoms with Crippen LogP contribution in [0.3, 0.4) is 0 Å². The van der Waals surface area contributed by atoms with Crippen LogP contribution in [0.15, 0.2) is 77.7 Å². The van der Waals surface area contributed by atoms with Gasteiger partial charge in [0.15, 0.2) is 0 Å². The van der Waals surface area contributed by atoms with E-state index in [-0.39, 0.29) is 23.4 Å². The lowest BCUT2D eigenvalue weighted by Gasteiger charge is -2.33. The van der Waals surface area contributed by atoms with Crippen molar-refractivity contribution in [1.82, 2.24) is 10.2 Å². The zero-order chi connectivity index (χ0) is 29.4. The third kappa shape index (κ3) is 7.41. The van der Waals surface area contributed by atoms with Crippen LogP contribution in [0.25, 0.3) is 0 Å². The Bertz CT molecular complexity index is 1400. The molecule has 9 heteroatoms. The van der Waals surface area contributed by atoms with Crippen LogP contribution >= 0.6 is 0 Å². The number of carbonyl (C=O) groups excluding carboxylic acids is 2. The molecule has 0 spiro atoms. The van der Waals surface area contributed by atoms with Crippen molar-refractivity contribution >= 4 is 27.5 Å². The maximum absolute atomic E-state index is 14.0. The molecule has 0 heterocycles. The molecule has 2 amide bonds. The second-order valence-electron chi connectivity index (χ2n) is 10.0. The molecule has 1 atom stereocenters. The predicted octanol–water partition coefficient (Wildman–Crippen LogP) is 4.70. The first-order valence-electron chi connectivity index (χ1n) is 13.4. The summed E-state index contributed by atoms with van der Waals surface area (Å²) in [5, 5.41) is 2.86. The van der Waals surface area contributed by atoms with E-state index in [0.717, 1.165) is 21.0 Å². The summed E-state index contributed by atoms with van der Waals surface area (Å²) < 4.78 is 34.4. The van der Waals surface area contributed by atoms with Gasteiger partial charge in [0.1, 0.15) is 18.3 Å². The minimum Gasteiger partial charge on any atom is -0.497 e. The first kappa shape index (κ1) is 30.7. The summed E-state index contributed by atoms with van der Waals surface area (Å²) in [7, 11) is -2.54. The van der Waals surface area contributed by atoms with Crippen molar-refractivity contribution in [2.75, 3.05) is 18.0 Å². The number of rotatable bonds is 12. The summed E-state index contributed by atoms with van der Waals surface area (Å²) in [5.74, 6) is -0.152. The molecule has 3 aromatic rings. The van der Waals surface area contributed by atoms with Crippen molar-refractivity contribution in [3.8, 4) is 5.75 Å². The van der Waals surface area contributed by atoms with E-state index in [4.69, 9.17) is 4.74 Å². The summed E-state index contributed by atoms with van der Waals surface area (Å²) in [6.45, 7) is 8.80. The van der Waals surface area contributed by atoms with Crippen LogP contribution in [0.1, 0.15) is 44.4 Å². The normalized spacial score (nSPS) is 12.1. The third-order valence-corrected chi connectivity index (χ3v) is 8.41. The topological polar surface area (TPSA) is 96.0 Å². The lowest BCUT2D eigenvalue weighted by molar-refractivity contribution is -0.139. The van der Waals surface area contributed by atoms with E-state index in [1.54, 1.807) is 62.6 Å². The van der Waals surface area contributed by atoms with Gasteiger partial charge in [-0.2, -0.15) is 0 Å². The number of aryl methyl sites for hydroxylation is 2. The molecule has 0 saturated heterocycles. The number of nitrogens with one attached hydrogen (secondary N) is 1. The van der Waals surface area contributed by atoms with Gasteiger partial charge in [-0.05, 0) is 75.6 Å². The average Bonchev–Trinajstić information content (AvgIpc) is 2.94. The van der Waals surface area contributed by atoms with E-state index >= 15 is 0 Å². The number of methoxy groups -OCH3 is 1. The summed E-state index contributed by atoms with van der Waals surface area (Å²) in [6.07, 6.45) is 0.576. The fourth-order valence-electron chi connectivity index (χ4n) is 4.32. The molecule has 0 radical (unpaired) electrons. The van der Waals surface area contributed by atoms with Gasteiger partial charge in [0.05, 0.1) is 17.7 Å². The third-order valence-electron chi connectivity index (χ3n) is 6.64. The highest BCUT2D eigenvalue weighted by Gasteiger charge is 2.33. The first-order chi connectivity index (χ1) is 19.0. The summed E-state index contributed by atoms with van der Waals surface area (Å²) in [5.41, 5.74) is 2.92. The summed E-state index contributed by atoms with van der Waals surface area (Å²) in [4.78, 5) is 28.6. The van der Waals surface area contributed by atoms with E-state index in [0.29, 0.717) is 17.9 Å². The number of para-hydroxylation sites is 1. The summed E-state index contributed by atoms with van der Waals surface area (Å²) >= 11 is 0. The molecule has 0 saturated carbocycles. The number of hydrogen-bond donors (Lipinski definition) is 1. The van der Waals surface area contributed by atoms with Crippen molar-refractivity contribution in [3.05, 3.63) is 89.5 Å². The standard InChI is InChI=1S/C31H39N3O5S/c1-7-26-10-8-9-11-29(26)34(40(37,38)28-18-12-23(4)13-19-28)21-30(35)33(24(5)31(36)32-22(2)3)20-25-14-16-27(39-6)17-15-25/h8-19,22,24H,7,20-21H2,1-6H3,(H,32,36)/t24-/m1/s1. The maximum Gasteiger partial charge on any atom is 0.264 e. The van der Waals surface area contributed by atoms with Gasteiger partial charge in [-0.1, -0.05) is 55.0 Å². The van der Waals surface area contributed by atoms with Gasteiger partial charge in [0.2, 0.25) is 11.8 Å². The Morgan fingerprint density at radius 1 is 0.925 bits per heavy atom. The monoisotopic (exact) mass is 565 g/mol. The number of sulfonamides is 1. The van der Waals surface area contributed by atoms with Gasteiger partial charge >= 0.3 is 0 Å². The highest BCUT2D eigenvalue weighted by Crippen LogP contribution is 2.28. The number of nitrogens with zero attached hydrogens (tertiary/aromatic N) is 2. The highest BCUT2D eigenvalue weighted by molar-refractivity contribution is 7.92. The zero-order valence-electron chi connectivity index (χ0n) is 24.0.